The number of benzene rings is 1. The lowest BCUT2D eigenvalue weighted by molar-refractivity contribution is -0.127. The van der Waals surface area contributed by atoms with E-state index in [2.05, 4.69) is 19.2 Å². The zero-order valence-electron chi connectivity index (χ0n) is 11.9. The van der Waals surface area contributed by atoms with Crippen LogP contribution in [0, 0.1) is 5.92 Å². The van der Waals surface area contributed by atoms with Crippen LogP contribution in [-0.4, -0.2) is 31.4 Å². The van der Waals surface area contributed by atoms with Gasteiger partial charge in [-0.15, -0.1) is 0 Å². The summed E-state index contributed by atoms with van der Waals surface area (Å²) in [5, 5.41) is 3.40. The SMILES string of the molecule is CCC(C)CNc1ccc(CC(=O)N(C)C)cc1. The van der Waals surface area contributed by atoms with Crippen LogP contribution in [0.15, 0.2) is 24.3 Å². The van der Waals surface area contributed by atoms with E-state index in [1.165, 1.54) is 6.42 Å². The van der Waals surface area contributed by atoms with Crippen LogP contribution >= 0.6 is 0 Å². The van der Waals surface area contributed by atoms with Crippen LogP contribution in [0.3, 0.4) is 0 Å². The average molecular weight is 248 g/mol. The Morgan fingerprint density at radius 2 is 1.89 bits per heavy atom. The Labute approximate surface area is 110 Å². The van der Waals surface area contributed by atoms with E-state index < -0.39 is 0 Å². The van der Waals surface area contributed by atoms with E-state index in [1.54, 1.807) is 19.0 Å². The summed E-state index contributed by atoms with van der Waals surface area (Å²) in [7, 11) is 3.56. The Bertz CT molecular complexity index is 371. The molecule has 3 heteroatoms. The fourth-order valence-corrected chi connectivity index (χ4v) is 1.51. The molecule has 18 heavy (non-hydrogen) atoms. The predicted octanol–water partition coefficient (Wildman–Crippen LogP) is 2.78. The number of hydrogen-bond donors (Lipinski definition) is 1. The van der Waals surface area contributed by atoms with E-state index in [-0.39, 0.29) is 5.91 Å². The molecule has 0 saturated heterocycles. The van der Waals surface area contributed by atoms with Gasteiger partial charge in [0.05, 0.1) is 6.42 Å². The third-order valence-corrected chi connectivity index (χ3v) is 3.16. The maximum Gasteiger partial charge on any atom is 0.226 e. The standard InChI is InChI=1S/C15H24N2O/c1-5-12(2)11-16-14-8-6-13(7-9-14)10-15(18)17(3)4/h6-9,12,16H,5,10-11H2,1-4H3. The Morgan fingerprint density at radius 1 is 1.28 bits per heavy atom. The van der Waals surface area contributed by atoms with Gasteiger partial charge in [0.1, 0.15) is 0 Å². The molecule has 3 nitrogen and oxygen atoms in total. The molecule has 0 fully saturated rings. The van der Waals surface area contributed by atoms with Gasteiger partial charge in [-0.25, -0.2) is 0 Å². The summed E-state index contributed by atoms with van der Waals surface area (Å²) in [5.41, 5.74) is 2.18. The fraction of sp³-hybridized carbons (Fsp3) is 0.533. The number of carbonyl (C=O) groups is 1. The van der Waals surface area contributed by atoms with E-state index in [0.717, 1.165) is 17.8 Å². The third kappa shape index (κ3) is 4.78. The minimum atomic E-state index is 0.135. The molecule has 0 bridgehead atoms. The van der Waals surface area contributed by atoms with Crippen LogP contribution in [0.25, 0.3) is 0 Å². The van der Waals surface area contributed by atoms with Crippen LogP contribution in [-0.2, 0) is 11.2 Å². The molecule has 1 unspecified atom stereocenters. The van der Waals surface area contributed by atoms with Gasteiger partial charge in [0.2, 0.25) is 5.91 Å². The van der Waals surface area contributed by atoms with Crippen LogP contribution < -0.4 is 5.32 Å². The van der Waals surface area contributed by atoms with Gasteiger partial charge in [0, 0.05) is 26.3 Å². The molecule has 0 aliphatic heterocycles. The van der Waals surface area contributed by atoms with E-state index in [0.29, 0.717) is 12.3 Å². The van der Waals surface area contributed by atoms with Gasteiger partial charge >= 0.3 is 0 Å². The molecular formula is C15H24N2O. The summed E-state index contributed by atoms with van der Waals surface area (Å²) in [4.78, 5) is 13.2. The van der Waals surface area contributed by atoms with Crippen molar-refractivity contribution < 1.29 is 4.79 Å². The van der Waals surface area contributed by atoms with Gasteiger partial charge in [-0.05, 0) is 23.6 Å². The van der Waals surface area contributed by atoms with E-state index in [9.17, 15) is 4.79 Å². The van der Waals surface area contributed by atoms with Crippen molar-refractivity contribution >= 4 is 11.6 Å². The number of nitrogens with zero attached hydrogens (tertiary/aromatic N) is 1. The van der Waals surface area contributed by atoms with Crippen LogP contribution in [0.2, 0.25) is 0 Å². The number of anilines is 1. The largest absolute Gasteiger partial charge is 0.385 e. The van der Waals surface area contributed by atoms with Gasteiger partial charge in [-0.2, -0.15) is 0 Å². The zero-order valence-corrected chi connectivity index (χ0v) is 11.9. The number of likely N-dealkylation sites (N-methyl/N-ethyl adjacent to an activating group) is 1. The monoisotopic (exact) mass is 248 g/mol. The summed E-state index contributed by atoms with van der Waals surface area (Å²) < 4.78 is 0. The molecule has 0 heterocycles. The van der Waals surface area contributed by atoms with Crippen molar-refractivity contribution in [2.45, 2.75) is 26.7 Å². The first-order valence-electron chi connectivity index (χ1n) is 6.56. The van der Waals surface area contributed by atoms with E-state index >= 15 is 0 Å². The van der Waals surface area contributed by atoms with Gasteiger partial charge < -0.3 is 10.2 Å². The molecule has 1 atom stereocenters. The van der Waals surface area contributed by atoms with Crippen LogP contribution in [0.5, 0.6) is 0 Å². The smallest absolute Gasteiger partial charge is 0.226 e. The highest BCUT2D eigenvalue weighted by Gasteiger charge is 2.05. The maximum atomic E-state index is 11.6. The Hall–Kier alpha value is -1.51. The number of rotatable bonds is 6. The molecule has 0 saturated carbocycles. The van der Waals surface area contributed by atoms with E-state index in [1.807, 2.05) is 24.3 Å². The Kier molecular flexibility index (Phi) is 5.69. The highest BCUT2D eigenvalue weighted by molar-refractivity contribution is 5.78. The first-order chi connectivity index (χ1) is 8.52. The zero-order chi connectivity index (χ0) is 13.5. The fourth-order valence-electron chi connectivity index (χ4n) is 1.51. The highest BCUT2D eigenvalue weighted by atomic mass is 16.2. The van der Waals surface area contributed by atoms with Crippen LogP contribution in [0.4, 0.5) is 5.69 Å². The van der Waals surface area contributed by atoms with Crippen molar-refractivity contribution in [2.24, 2.45) is 5.92 Å². The van der Waals surface area contributed by atoms with Crippen molar-refractivity contribution in [2.75, 3.05) is 26.0 Å². The number of hydrogen-bond acceptors (Lipinski definition) is 2. The second-order valence-electron chi connectivity index (χ2n) is 5.06. The minimum absolute atomic E-state index is 0.135. The molecule has 0 aliphatic carbocycles. The second-order valence-corrected chi connectivity index (χ2v) is 5.06. The molecule has 0 spiro atoms. The predicted molar refractivity (Wildman–Crippen MR) is 76.8 cm³/mol. The number of carbonyl (C=O) groups excluding carboxylic acids is 1. The van der Waals surface area contributed by atoms with E-state index in [4.69, 9.17) is 0 Å². The summed E-state index contributed by atoms with van der Waals surface area (Å²) in [5.74, 6) is 0.815. The lowest BCUT2D eigenvalue weighted by Gasteiger charge is -2.12. The Morgan fingerprint density at radius 3 is 2.39 bits per heavy atom. The normalized spacial score (nSPS) is 12.0. The molecule has 1 amide bonds. The quantitative estimate of drug-likeness (QED) is 0.839. The molecular weight excluding hydrogens is 224 g/mol. The first kappa shape index (κ1) is 14.6. The van der Waals surface area contributed by atoms with Crippen LogP contribution in [0.1, 0.15) is 25.8 Å². The first-order valence-corrected chi connectivity index (χ1v) is 6.56. The third-order valence-electron chi connectivity index (χ3n) is 3.16. The van der Waals surface area contributed by atoms with Crippen molar-refractivity contribution in [3.63, 3.8) is 0 Å². The van der Waals surface area contributed by atoms with Crippen molar-refractivity contribution in [3.05, 3.63) is 29.8 Å². The summed E-state index contributed by atoms with van der Waals surface area (Å²) in [6.07, 6.45) is 1.65. The molecule has 1 aromatic rings. The van der Waals surface area contributed by atoms with Crippen molar-refractivity contribution in [1.82, 2.24) is 4.90 Å². The van der Waals surface area contributed by atoms with Gasteiger partial charge in [-0.1, -0.05) is 32.4 Å². The average Bonchev–Trinajstić information content (AvgIpc) is 2.37. The molecule has 0 radical (unpaired) electrons. The van der Waals surface area contributed by atoms with Crippen molar-refractivity contribution in [3.8, 4) is 0 Å². The summed E-state index contributed by atoms with van der Waals surface area (Å²) in [6, 6.07) is 8.11. The van der Waals surface area contributed by atoms with Gasteiger partial charge in [-0.3, -0.25) is 4.79 Å². The summed E-state index contributed by atoms with van der Waals surface area (Å²) in [6.45, 7) is 5.42. The number of amides is 1. The highest BCUT2D eigenvalue weighted by Crippen LogP contribution is 2.12. The topological polar surface area (TPSA) is 32.3 Å². The molecule has 0 aromatic heterocycles. The number of nitrogens with one attached hydrogen (secondary N) is 1. The van der Waals surface area contributed by atoms with Gasteiger partial charge in [0.25, 0.3) is 0 Å². The van der Waals surface area contributed by atoms with Crippen molar-refractivity contribution in [1.29, 1.82) is 0 Å². The molecule has 1 rings (SSSR count). The maximum absolute atomic E-state index is 11.6. The van der Waals surface area contributed by atoms with Gasteiger partial charge in [0.15, 0.2) is 0 Å². The Balaban J connectivity index is 2.50. The second kappa shape index (κ2) is 7.04. The minimum Gasteiger partial charge on any atom is -0.385 e. The lowest BCUT2D eigenvalue weighted by atomic mass is 10.1. The summed E-state index contributed by atoms with van der Waals surface area (Å²) >= 11 is 0. The molecule has 0 aliphatic rings. The molecule has 100 valence electrons. The molecule has 1 aromatic carbocycles. The molecule has 1 N–H and O–H groups in total. The lowest BCUT2D eigenvalue weighted by Crippen LogP contribution is -2.23.